The first-order valence-corrected chi connectivity index (χ1v) is 8.08. The van der Waals surface area contributed by atoms with Gasteiger partial charge in [-0.05, 0) is 30.2 Å². The number of aromatic nitrogens is 2. The van der Waals surface area contributed by atoms with E-state index in [4.69, 9.17) is 9.15 Å². The highest BCUT2D eigenvalue weighted by Gasteiger charge is 2.10. The van der Waals surface area contributed by atoms with Gasteiger partial charge in [0, 0.05) is 29.1 Å². The van der Waals surface area contributed by atoms with E-state index in [9.17, 15) is 4.79 Å². The molecule has 4 rings (SSSR count). The van der Waals surface area contributed by atoms with Gasteiger partial charge >= 0.3 is 5.63 Å². The Kier molecular flexibility index (Phi) is 3.59. The Morgan fingerprint density at radius 1 is 1.08 bits per heavy atom. The van der Waals surface area contributed by atoms with Crippen molar-refractivity contribution in [3.63, 3.8) is 0 Å². The van der Waals surface area contributed by atoms with Crippen LogP contribution in [0.2, 0.25) is 0 Å². The lowest BCUT2D eigenvalue weighted by Gasteiger charge is -2.07. The molecule has 0 unspecified atom stereocenters. The second-order valence-electron chi connectivity index (χ2n) is 5.21. The van der Waals surface area contributed by atoms with Crippen molar-refractivity contribution in [2.24, 2.45) is 0 Å². The van der Waals surface area contributed by atoms with Crippen molar-refractivity contribution in [3.8, 4) is 22.1 Å². The summed E-state index contributed by atoms with van der Waals surface area (Å²) in [5.41, 5.74) is 1.87. The predicted octanol–water partition coefficient (Wildman–Crippen LogP) is 4.41. The number of hydrogen-bond acceptors (Lipinski definition) is 6. The molecule has 2 aromatic heterocycles. The fraction of sp³-hybridized carbons (Fsp3) is 0.0556. The lowest BCUT2D eigenvalue weighted by Crippen LogP contribution is -1.98. The number of fused-ring (bicyclic) bond motifs is 1. The first-order valence-electron chi connectivity index (χ1n) is 7.30. The van der Waals surface area contributed by atoms with Gasteiger partial charge in [-0.3, -0.25) is 0 Å². The lowest BCUT2D eigenvalue weighted by molar-refractivity contribution is 0.476. The van der Waals surface area contributed by atoms with Crippen molar-refractivity contribution in [2.75, 3.05) is 0 Å². The fourth-order valence-electron chi connectivity index (χ4n) is 2.48. The number of hydrogen-bond donors (Lipinski definition) is 0. The molecule has 0 atom stereocenters. The summed E-state index contributed by atoms with van der Waals surface area (Å²) in [4.78, 5) is 16.1. The van der Waals surface area contributed by atoms with E-state index in [0.29, 0.717) is 22.4 Å². The van der Waals surface area contributed by atoms with Crippen molar-refractivity contribution in [1.29, 1.82) is 0 Å². The van der Waals surface area contributed by atoms with Gasteiger partial charge in [0.25, 0.3) is 5.19 Å². The quantitative estimate of drug-likeness (QED) is 0.518. The summed E-state index contributed by atoms with van der Waals surface area (Å²) in [6, 6.07) is 16.6. The van der Waals surface area contributed by atoms with E-state index in [1.165, 1.54) is 17.6 Å². The molecule has 0 saturated carbocycles. The maximum Gasteiger partial charge on any atom is 0.336 e. The molecule has 0 aliphatic rings. The second-order valence-corrected chi connectivity index (χ2v) is 5.93. The highest BCUT2D eigenvalue weighted by Crippen LogP contribution is 2.31. The third-order valence-electron chi connectivity index (χ3n) is 3.51. The monoisotopic (exact) mass is 336 g/mol. The molecule has 0 N–H and O–H groups in total. The topological polar surface area (TPSA) is 65.2 Å². The highest BCUT2D eigenvalue weighted by atomic mass is 32.1. The van der Waals surface area contributed by atoms with E-state index in [1.54, 1.807) is 13.0 Å². The lowest BCUT2D eigenvalue weighted by atomic mass is 10.0. The molecular weight excluding hydrogens is 324 g/mol. The summed E-state index contributed by atoms with van der Waals surface area (Å²) in [5.74, 6) is 1.21. The summed E-state index contributed by atoms with van der Waals surface area (Å²) in [6.07, 6.45) is 0. The van der Waals surface area contributed by atoms with Crippen LogP contribution in [-0.2, 0) is 0 Å². The van der Waals surface area contributed by atoms with Crippen LogP contribution in [0.5, 0.6) is 10.9 Å². The minimum atomic E-state index is -0.398. The summed E-state index contributed by atoms with van der Waals surface area (Å²) < 4.78 is 15.1. The van der Waals surface area contributed by atoms with Gasteiger partial charge in [-0.25, -0.2) is 4.79 Å². The fourth-order valence-corrected chi connectivity index (χ4v) is 3.04. The van der Waals surface area contributed by atoms with Crippen LogP contribution in [0, 0.1) is 6.92 Å². The first-order chi connectivity index (χ1) is 11.7. The standard InChI is InChI=1S/C18H12N2O3S/c1-11-19-18(24-20-11)22-13-7-8-14-15(12-5-3-2-4-6-12)10-17(21)23-16(14)9-13/h2-10H,1H3. The SMILES string of the molecule is Cc1nsc(Oc2ccc3c(-c4ccccc4)cc(=O)oc3c2)n1. The van der Waals surface area contributed by atoms with E-state index in [1.807, 2.05) is 42.5 Å². The average Bonchev–Trinajstić information content (AvgIpc) is 2.99. The largest absolute Gasteiger partial charge is 0.430 e. The number of benzene rings is 2. The second kappa shape index (κ2) is 5.90. The van der Waals surface area contributed by atoms with E-state index in [0.717, 1.165) is 16.5 Å². The van der Waals surface area contributed by atoms with Crippen molar-refractivity contribution >= 4 is 22.5 Å². The van der Waals surface area contributed by atoms with Crippen molar-refractivity contribution < 1.29 is 9.15 Å². The van der Waals surface area contributed by atoms with Crippen LogP contribution in [0.25, 0.3) is 22.1 Å². The Hall–Kier alpha value is -2.99. The Bertz CT molecular complexity index is 1070. The number of ether oxygens (including phenoxy) is 1. The van der Waals surface area contributed by atoms with Crippen LogP contribution in [0.3, 0.4) is 0 Å². The Balaban J connectivity index is 1.82. The van der Waals surface area contributed by atoms with E-state index in [-0.39, 0.29) is 0 Å². The van der Waals surface area contributed by atoms with Gasteiger partial charge in [0.05, 0.1) is 0 Å². The van der Waals surface area contributed by atoms with Crippen molar-refractivity contribution in [1.82, 2.24) is 9.36 Å². The third-order valence-corrected chi connectivity index (χ3v) is 4.20. The average molecular weight is 336 g/mol. The Morgan fingerprint density at radius 3 is 2.67 bits per heavy atom. The first kappa shape index (κ1) is 14.6. The molecule has 0 saturated heterocycles. The summed E-state index contributed by atoms with van der Waals surface area (Å²) in [5, 5.41) is 1.30. The minimum absolute atomic E-state index is 0.398. The Labute approximate surface area is 141 Å². The zero-order valence-corrected chi connectivity index (χ0v) is 13.5. The van der Waals surface area contributed by atoms with Gasteiger partial charge in [-0.1, -0.05) is 30.3 Å². The smallest absolute Gasteiger partial charge is 0.336 e. The molecule has 24 heavy (non-hydrogen) atoms. The molecule has 0 aliphatic heterocycles. The predicted molar refractivity (Wildman–Crippen MR) is 92.6 cm³/mol. The summed E-state index contributed by atoms with van der Waals surface area (Å²) in [6.45, 7) is 1.80. The molecule has 6 heteroatoms. The van der Waals surface area contributed by atoms with Gasteiger partial charge in [0.2, 0.25) is 0 Å². The van der Waals surface area contributed by atoms with E-state index < -0.39 is 5.63 Å². The molecule has 0 fully saturated rings. The number of aryl methyl sites for hydroxylation is 1. The molecular formula is C18H12N2O3S. The zero-order chi connectivity index (χ0) is 16.5. The van der Waals surface area contributed by atoms with Crippen LogP contribution in [0.1, 0.15) is 5.82 Å². The molecule has 0 radical (unpaired) electrons. The van der Waals surface area contributed by atoms with Gasteiger partial charge < -0.3 is 9.15 Å². The molecule has 5 nitrogen and oxygen atoms in total. The minimum Gasteiger partial charge on any atom is -0.430 e. The summed E-state index contributed by atoms with van der Waals surface area (Å²) >= 11 is 1.18. The summed E-state index contributed by atoms with van der Waals surface area (Å²) in [7, 11) is 0. The molecule has 118 valence electrons. The highest BCUT2D eigenvalue weighted by molar-refractivity contribution is 7.07. The maximum atomic E-state index is 11.9. The van der Waals surface area contributed by atoms with Crippen LogP contribution in [0.15, 0.2) is 63.8 Å². The third kappa shape index (κ3) is 2.79. The van der Waals surface area contributed by atoms with Crippen molar-refractivity contribution in [3.05, 3.63) is 70.8 Å². The van der Waals surface area contributed by atoms with Crippen LogP contribution >= 0.6 is 11.5 Å². The molecule has 0 aliphatic carbocycles. The molecule has 2 heterocycles. The van der Waals surface area contributed by atoms with E-state index in [2.05, 4.69) is 9.36 Å². The van der Waals surface area contributed by atoms with E-state index >= 15 is 0 Å². The van der Waals surface area contributed by atoms with Crippen molar-refractivity contribution in [2.45, 2.75) is 6.92 Å². The number of nitrogens with zero attached hydrogens (tertiary/aromatic N) is 2. The maximum absolute atomic E-state index is 11.9. The normalized spacial score (nSPS) is 10.9. The molecule has 4 aromatic rings. The Morgan fingerprint density at radius 2 is 1.92 bits per heavy atom. The van der Waals surface area contributed by atoms with Crippen LogP contribution in [-0.4, -0.2) is 9.36 Å². The molecule has 0 spiro atoms. The van der Waals surface area contributed by atoms with Gasteiger partial charge in [0.15, 0.2) is 0 Å². The van der Waals surface area contributed by atoms with Gasteiger partial charge in [0.1, 0.15) is 17.2 Å². The molecule has 2 aromatic carbocycles. The zero-order valence-electron chi connectivity index (χ0n) is 12.7. The molecule has 0 bridgehead atoms. The van der Waals surface area contributed by atoms with Gasteiger partial charge in [-0.15, -0.1) is 0 Å². The van der Waals surface area contributed by atoms with Crippen LogP contribution < -0.4 is 10.4 Å². The van der Waals surface area contributed by atoms with Crippen LogP contribution in [0.4, 0.5) is 0 Å². The van der Waals surface area contributed by atoms with Gasteiger partial charge in [-0.2, -0.15) is 9.36 Å². The number of rotatable bonds is 3. The molecule has 0 amide bonds.